The van der Waals surface area contributed by atoms with Gasteiger partial charge in [0.15, 0.2) is 0 Å². The first-order valence-corrected chi connectivity index (χ1v) is 9.46. The SMILES string of the molecule is N[C@@H]1C[C@H](OCc2ccccc2)C[C@H]1NC(=O)c1cc2cc(Cl)ccc2[nH]1. The summed E-state index contributed by atoms with van der Waals surface area (Å²) in [5.41, 5.74) is 8.76. The minimum atomic E-state index is -0.161. The number of benzene rings is 2. The molecule has 2 aromatic carbocycles. The van der Waals surface area contributed by atoms with Crippen LogP contribution >= 0.6 is 11.6 Å². The van der Waals surface area contributed by atoms with E-state index in [1.165, 1.54) is 0 Å². The van der Waals surface area contributed by atoms with Crippen LogP contribution in [0, 0.1) is 0 Å². The summed E-state index contributed by atoms with van der Waals surface area (Å²) in [5.74, 6) is -0.161. The third-order valence-corrected chi connectivity index (χ3v) is 5.28. The van der Waals surface area contributed by atoms with E-state index in [9.17, 15) is 4.79 Å². The van der Waals surface area contributed by atoms with E-state index in [1.807, 2.05) is 42.5 Å². The number of ether oxygens (including phenoxy) is 1. The third-order valence-electron chi connectivity index (χ3n) is 5.04. The van der Waals surface area contributed by atoms with Gasteiger partial charge in [0.25, 0.3) is 5.91 Å². The van der Waals surface area contributed by atoms with Crippen molar-refractivity contribution >= 4 is 28.4 Å². The summed E-state index contributed by atoms with van der Waals surface area (Å²) < 4.78 is 5.98. The lowest BCUT2D eigenvalue weighted by Gasteiger charge is -2.16. The van der Waals surface area contributed by atoms with Crippen LogP contribution in [-0.2, 0) is 11.3 Å². The van der Waals surface area contributed by atoms with E-state index in [1.54, 1.807) is 12.1 Å². The minimum absolute atomic E-state index is 0.0482. The zero-order chi connectivity index (χ0) is 18.8. The average molecular weight is 384 g/mol. The summed E-state index contributed by atoms with van der Waals surface area (Å²) in [6.45, 7) is 0.557. The second kappa shape index (κ2) is 7.72. The van der Waals surface area contributed by atoms with Gasteiger partial charge in [-0.1, -0.05) is 41.9 Å². The fourth-order valence-electron chi connectivity index (χ4n) is 3.58. The summed E-state index contributed by atoms with van der Waals surface area (Å²) in [7, 11) is 0. The van der Waals surface area contributed by atoms with Gasteiger partial charge in [-0.3, -0.25) is 4.79 Å². The number of nitrogens with two attached hydrogens (primary N) is 1. The summed E-state index contributed by atoms with van der Waals surface area (Å²) in [6.07, 6.45) is 1.50. The Morgan fingerprint density at radius 2 is 2.00 bits per heavy atom. The quantitative estimate of drug-likeness (QED) is 0.629. The molecule has 0 bridgehead atoms. The fraction of sp³-hybridized carbons (Fsp3) is 0.286. The molecule has 140 valence electrons. The van der Waals surface area contributed by atoms with E-state index in [-0.39, 0.29) is 24.1 Å². The molecule has 27 heavy (non-hydrogen) atoms. The van der Waals surface area contributed by atoms with Crippen molar-refractivity contribution in [2.75, 3.05) is 0 Å². The average Bonchev–Trinajstić information content (AvgIpc) is 3.24. The van der Waals surface area contributed by atoms with Crippen LogP contribution in [0.2, 0.25) is 5.02 Å². The van der Waals surface area contributed by atoms with Gasteiger partial charge in [-0.15, -0.1) is 0 Å². The number of aromatic nitrogens is 1. The number of amides is 1. The number of carbonyl (C=O) groups excluding carboxylic acids is 1. The van der Waals surface area contributed by atoms with Gasteiger partial charge in [-0.2, -0.15) is 0 Å². The van der Waals surface area contributed by atoms with E-state index in [0.717, 1.165) is 22.9 Å². The first kappa shape index (κ1) is 18.0. The fourth-order valence-corrected chi connectivity index (χ4v) is 3.76. The Morgan fingerprint density at radius 1 is 1.19 bits per heavy atom. The molecule has 4 N–H and O–H groups in total. The Kier molecular flexibility index (Phi) is 5.16. The highest BCUT2D eigenvalue weighted by molar-refractivity contribution is 6.31. The number of aromatic amines is 1. The van der Waals surface area contributed by atoms with E-state index >= 15 is 0 Å². The molecule has 1 aromatic heterocycles. The van der Waals surface area contributed by atoms with Crippen LogP contribution in [0.25, 0.3) is 10.9 Å². The standard InChI is InChI=1S/C21H22ClN3O2/c22-15-6-7-18-14(8-15)9-20(24-18)21(26)25-19-11-16(10-17(19)23)27-12-13-4-2-1-3-5-13/h1-9,16-17,19,24H,10-12,23H2,(H,25,26)/t16-,17+,19+/m0/s1. The van der Waals surface area contributed by atoms with Gasteiger partial charge in [-0.05, 0) is 42.7 Å². The van der Waals surface area contributed by atoms with Crippen molar-refractivity contribution in [3.05, 3.63) is 70.9 Å². The number of carbonyl (C=O) groups is 1. The highest BCUT2D eigenvalue weighted by Gasteiger charge is 2.33. The summed E-state index contributed by atoms with van der Waals surface area (Å²) in [4.78, 5) is 15.7. The van der Waals surface area contributed by atoms with E-state index in [4.69, 9.17) is 22.1 Å². The lowest BCUT2D eigenvalue weighted by atomic mass is 10.2. The smallest absolute Gasteiger partial charge is 0.268 e. The largest absolute Gasteiger partial charge is 0.373 e. The number of fused-ring (bicyclic) bond motifs is 1. The zero-order valence-corrected chi connectivity index (χ0v) is 15.6. The molecular weight excluding hydrogens is 362 g/mol. The third kappa shape index (κ3) is 4.16. The Morgan fingerprint density at radius 3 is 2.81 bits per heavy atom. The molecule has 4 rings (SSSR count). The summed E-state index contributed by atoms with van der Waals surface area (Å²) in [5, 5.41) is 4.59. The second-order valence-corrected chi connectivity index (χ2v) is 7.48. The summed E-state index contributed by atoms with van der Waals surface area (Å²) >= 11 is 6.01. The van der Waals surface area contributed by atoms with Gasteiger partial charge < -0.3 is 20.8 Å². The van der Waals surface area contributed by atoms with Crippen LogP contribution < -0.4 is 11.1 Å². The van der Waals surface area contributed by atoms with Crippen LogP contribution in [0.15, 0.2) is 54.6 Å². The highest BCUT2D eigenvalue weighted by atomic mass is 35.5. The highest BCUT2D eigenvalue weighted by Crippen LogP contribution is 2.24. The van der Waals surface area contributed by atoms with Gasteiger partial charge in [0.05, 0.1) is 12.7 Å². The number of hydrogen-bond acceptors (Lipinski definition) is 3. The maximum absolute atomic E-state index is 12.6. The molecule has 1 amide bonds. The Labute approximate surface area is 162 Å². The van der Waals surface area contributed by atoms with Crippen molar-refractivity contribution in [2.24, 2.45) is 5.73 Å². The van der Waals surface area contributed by atoms with Gasteiger partial charge in [-0.25, -0.2) is 0 Å². The predicted molar refractivity (Wildman–Crippen MR) is 107 cm³/mol. The molecule has 1 aliphatic carbocycles. The summed E-state index contributed by atoms with van der Waals surface area (Å²) in [6, 6.07) is 17.1. The molecule has 0 saturated heterocycles. The topological polar surface area (TPSA) is 80.1 Å². The van der Waals surface area contributed by atoms with Crippen LogP contribution in [0.3, 0.4) is 0 Å². The molecule has 0 radical (unpaired) electrons. The predicted octanol–water partition coefficient (Wildman–Crippen LogP) is 3.63. The number of hydrogen-bond donors (Lipinski definition) is 3. The number of rotatable bonds is 5. The van der Waals surface area contributed by atoms with Crippen molar-refractivity contribution in [1.82, 2.24) is 10.3 Å². The van der Waals surface area contributed by atoms with Crippen molar-refractivity contribution in [3.8, 4) is 0 Å². The maximum Gasteiger partial charge on any atom is 0.268 e. The van der Waals surface area contributed by atoms with Crippen LogP contribution in [0.5, 0.6) is 0 Å². The Hall–Kier alpha value is -2.34. The normalized spacial score (nSPS) is 22.2. The first-order chi connectivity index (χ1) is 13.1. The molecule has 0 spiro atoms. The molecule has 3 atom stereocenters. The van der Waals surface area contributed by atoms with Crippen molar-refractivity contribution in [3.63, 3.8) is 0 Å². The van der Waals surface area contributed by atoms with Crippen LogP contribution in [0.1, 0.15) is 28.9 Å². The monoisotopic (exact) mass is 383 g/mol. The lowest BCUT2D eigenvalue weighted by molar-refractivity contribution is 0.0434. The number of H-pyrrole nitrogens is 1. The minimum Gasteiger partial charge on any atom is -0.373 e. The number of nitrogens with one attached hydrogen (secondary N) is 2. The lowest BCUT2D eigenvalue weighted by Crippen LogP contribution is -2.44. The molecule has 0 unspecified atom stereocenters. The molecule has 3 aromatic rings. The Bertz CT molecular complexity index is 941. The van der Waals surface area contributed by atoms with E-state index < -0.39 is 0 Å². The maximum atomic E-state index is 12.6. The molecule has 0 aliphatic heterocycles. The molecule has 5 nitrogen and oxygen atoms in total. The van der Waals surface area contributed by atoms with E-state index in [2.05, 4.69) is 10.3 Å². The molecule has 1 fully saturated rings. The van der Waals surface area contributed by atoms with Gasteiger partial charge in [0.1, 0.15) is 5.69 Å². The zero-order valence-electron chi connectivity index (χ0n) is 14.8. The van der Waals surface area contributed by atoms with Crippen molar-refractivity contribution < 1.29 is 9.53 Å². The molecule has 1 aliphatic rings. The molecular formula is C21H22ClN3O2. The number of halogens is 1. The van der Waals surface area contributed by atoms with Crippen molar-refractivity contribution in [1.29, 1.82) is 0 Å². The second-order valence-electron chi connectivity index (χ2n) is 7.05. The Balaban J connectivity index is 1.36. The van der Waals surface area contributed by atoms with E-state index in [0.29, 0.717) is 23.7 Å². The van der Waals surface area contributed by atoms with Crippen LogP contribution in [0.4, 0.5) is 0 Å². The van der Waals surface area contributed by atoms with Gasteiger partial charge >= 0.3 is 0 Å². The van der Waals surface area contributed by atoms with Crippen molar-refractivity contribution in [2.45, 2.75) is 37.6 Å². The first-order valence-electron chi connectivity index (χ1n) is 9.09. The van der Waals surface area contributed by atoms with Gasteiger partial charge in [0, 0.05) is 28.0 Å². The molecule has 1 heterocycles. The van der Waals surface area contributed by atoms with Crippen LogP contribution in [-0.4, -0.2) is 29.1 Å². The molecule has 1 saturated carbocycles. The van der Waals surface area contributed by atoms with Gasteiger partial charge in [0.2, 0.25) is 0 Å². The molecule has 6 heteroatoms.